The van der Waals surface area contributed by atoms with Crippen LogP contribution in [0.1, 0.15) is 38.1 Å². The van der Waals surface area contributed by atoms with E-state index in [2.05, 4.69) is 45.0 Å². The van der Waals surface area contributed by atoms with Crippen molar-refractivity contribution in [2.45, 2.75) is 33.1 Å². The minimum atomic E-state index is 0.459. The standard InChI is InChI=1S/C13H18N2/c1-4-12-10-7-5-6-8-11(10)13(9(2)3)15(12)14/h5-9H,4,14H2,1-3H3. The van der Waals surface area contributed by atoms with Crippen molar-refractivity contribution in [2.75, 3.05) is 5.84 Å². The molecule has 0 radical (unpaired) electrons. The molecule has 15 heavy (non-hydrogen) atoms. The number of fused-ring (bicyclic) bond motifs is 1. The zero-order valence-corrected chi connectivity index (χ0v) is 9.62. The molecule has 0 atom stereocenters. The number of nitrogens with zero attached hydrogens (tertiary/aromatic N) is 1. The van der Waals surface area contributed by atoms with Crippen LogP contribution in [-0.4, -0.2) is 4.68 Å². The summed E-state index contributed by atoms with van der Waals surface area (Å²) in [4.78, 5) is 0. The van der Waals surface area contributed by atoms with Gasteiger partial charge in [0.15, 0.2) is 0 Å². The Balaban J connectivity index is 2.85. The van der Waals surface area contributed by atoms with Gasteiger partial charge in [-0.15, -0.1) is 0 Å². The number of benzene rings is 1. The smallest absolute Gasteiger partial charge is 0.0499 e. The van der Waals surface area contributed by atoms with E-state index in [4.69, 9.17) is 5.84 Å². The van der Waals surface area contributed by atoms with Crippen molar-refractivity contribution in [3.63, 3.8) is 0 Å². The number of hydrogen-bond acceptors (Lipinski definition) is 1. The molecule has 0 amide bonds. The number of nitrogen functional groups attached to an aromatic ring is 1. The van der Waals surface area contributed by atoms with Crippen LogP contribution in [0.5, 0.6) is 0 Å². The van der Waals surface area contributed by atoms with Gasteiger partial charge in [0, 0.05) is 22.2 Å². The Morgan fingerprint density at radius 2 is 1.80 bits per heavy atom. The van der Waals surface area contributed by atoms with Crippen LogP contribution in [0.3, 0.4) is 0 Å². The van der Waals surface area contributed by atoms with E-state index >= 15 is 0 Å². The molecule has 0 bridgehead atoms. The first-order valence-corrected chi connectivity index (χ1v) is 5.54. The summed E-state index contributed by atoms with van der Waals surface area (Å²) in [6.45, 7) is 6.52. The highest BCUT2D eigenvalue weighted by molar-refractivity contribution is 5.89. The maximum Gasteiger partial charge on any atom is 0.0499 e. The van der Waals surface area contributed by atoms with Gasteiger partial charge < -0.3 is 5.84 Å². The molecule has 2 heteroatoms. The maximum absolute atomic E-state index is 6.14. The van der Waals surface area contributed by atoms with Crippen molar-refractivity contribution >= 4 is 10.8 Å². The number of aromatic nitrogens is 1. The van der Waals surface area contributed by atoms with Crippen LogP contribution >= 0.6 is 0 Å². The summed E-state index contributed by atoms with van der Waals surface area (Å²) in [6, 6.07) is 8.47. The molecule has 2 rings (SSSR count). The molecule has 1 aromatic carbocycles. The topological polar surface area (TPSA) is 30.9 Å². The average Bonchev–Trinajstić information content (AvgIpc) is 2.49. The van der Waals surface area contributed by atoms with Gasteiger partial charge in [-0.25, -0.2) is 0 Å². The fourth-order valence-corrected chi connectivity index (χ4v) is 2.31. The van der Waals surface area contributed by atoms with Crippen LogP contribution < -0.4 is 5.84 Å². The third-order valence-corrected chi connectivity index (χ3v) is 2.95. The fourth-order valence-electron chi connectivity index (χ4n) is 2.31. The average molecular weight is 202 g/mol. The minimum Gasteiger partial charge on any atom is -0.339 e. The Morgan fingerprint density at radius 1 is 1.20 bits per heavy atom. The Hall–Kier alpha value is -1.44. The SMILES string of the molecule is CCc1c2ccccc2c(C(C)C)n1N. The lowest BCUT2D eigenvalue weighted by molar-refractivity contribution is 0.752. The van der Waals surface area contributed by atoms with Gasteiger partial charge in [-0.2, -0.15) is 0 Å². The summed E-state index contributed by atoms with van der Waals surface area (Å²) < 4.78 is 1.87. The highest BCUT2D eigenvalue weighted by Crippen LogP contribution is 2.29. The number of nitrogens with two attached hydrogens (primary N) is 1. The first-order chi connectivity index (χ1) is 7.16. The number of aryl methyl sites for hydroxylation is 1. The van der Waals surface area contributed by atoms with Gasteiger partial charge in [-0.1, -0.05) is 45.0 Å². The lowest BCUT2D eigenvalue weighted by Crippen LogP contribution is -2.16. The first-order valence-electron chi connectivity index (χ1n) is 5.54. The van der Waals surface area contributed by atoms with Gasteiger partial charge >= 0.3 is 0 Å². The van der Waals surface area contributed by atoms with E-state index in [0.717, 1.165) is 6.42 Å². The Morgan fingerprint density at radius 3 is 2.33 bits per heavy atom. The lowest BCUT2D eigenvalue weighted by Gasteiger charge is -2.09. The van der Waals surface area contributed by atoms with E-state index in [1.54, 1.807) is 0 Å². The van der Waals surface area contributed by atoms with E-state index in [1.807, 2.05) is 4.68 Å². The molecule has 80 valence electrons. The van der Waals surface area contributed by atoms with Gasteiger partial charge in [-0.3, -0.25) is 4.68 Å². The second-order valence-corrected chi connectivity index (χ2v) is 4.26. The van der Waals surface area contributed by atoms with Gasteiger partial charge in [0.2, 0.25) is 0 Å². The molecule has 2 nitrogen and oxygen atoms in total. The highest BCUT2D eigenvalue weighted by atomic mass is 15.3. The largest absolute Gasteiger partial charge is 0.339 e. The van der Waals surface area contributed by atoms with Crippen LogP contribution in [0, 0.1) is 0 Å². The molecular formula is C13H18N2. The molecule has 1 heterocycles. The minimum absolute atomic E-state index is 0.459. The summed E-state index contributed by atoms with van der Waals surface area (Å²) in [5.74, 6) is 6.60. The van der Waals surface area contributed by atoms with E-state index in [9.17, 15) is 0 Å². The van der Waals surface area contributed by atoms with Crippen LogP contribution in [0.15, 0.2) is 24.3 Å². The van der Waals surface area contributed by atoms with Crippen molar-refractivity contribution in [1.82, 2.24) is 4.68 Å². The van der Waals surface area contributed by atoms with Crippen LogP contribution in [0.2, 0.25) is 0 Å². The van der Waals surface area contributed by atoms with Gasteiger partial charge in [0.1, 0.15) is 0 Å². The monoisotopic (exact) mass is 202 g/mol. The third kappa shape index (κ3) is 1.41. The Labute approximate surface area is 90.7 Å². The van der Waals surface area contributed by atoms with Crippen molar-refractivity contribution in [2.24, 2.45) is 0 Å². The molecule has 2 aromatic rings. The zero-order valence-electron chi connectivity index (χ0n) is 9.62. The Bertz CT molecular complexity index is 480. The van der Waals surface area contributed by atoms with Crippen molar-refractivity contribution in [3.05, 3.63) is 35.7 Å². The molecule has 0 fully saturated rings. The van der Waals surface area contributed by atoms with Crippen LogP contribution in [0.4, 0.5) is 0 Å². The predicted molar refractivity (Wildman–Crippen MR) is 65.6 cm³/mol. The molecule has 2 N–H and O–H groups in total. The summed E-state index contributed by atoms with van der Waals surface area (Å²) in [5.41, 5.74) is 2.47. The quantitative estimate of drug-likeness (QED) is 0.745. The predicted octanol–water partition coefficient (Wildman–Crippen LogP) is 3.04. The van der Waals surface area contributed by atoms with E-state index < -0.39 is 0 Å². The van der Waals surface area contributed by atoms with Gasteiger partial charge in [-0.05, 0) is 12.3 Å². The summed E-state index contributed by atoms with van der Waals surface area (Å²) in [6.07, 6.45) is 0.976. The third-order valence-electron chi connectivity index (χ3n) is 2.95. The number of hydrogen-bond donors (Lipinski definition) is 1. The second kappa shape index (κ2) is 3.61. The number of rotatable bonds is 2. The zero-order chi connectivity index (χ0) is 11.0. The molecule has 0 unspecified atom stereocenters. The van der Waals surface area contributed by atoms with Crippen molar-refractivity contribution in [3.8, 4) is 0 Å². The molecule has 1 aromatic heterocycles. The molecular weight excluding hydrogens is 184 g/mol. The fraction of sp³-hybridized carbons (Fsp3) is 0.385. The van der Waals surface area contributed by atoms with Crippen molar-refractivity contribution in [1.29, 1.82) is 0 Å². The summed E-state index contributed by atoms with van der Waals surface area (Å²) in [7, 11) is 0. The summed E-state index contributed by atoms with van der Waals surface area (Å²) >= 11 is 0. The molecule has 0 spiro atoms. The molecule has 0 saturated carbocycles. The molecule has 0 aliphatic rings. The summed E-state index contributed by atoms with van der Waals surface area (Å²) in [5, 5.41) is 2.60. The van der Waals surface area contributed by atoms with Crippen LogP contribution in [0.25, 0.3) is 10.8 Å². The molecule has 0 aliphatic carbocycles. The Kier molecular flexibility index (Phi) is 2.43. The van der Waals surface area contributed by atoms with E-state index in [-0.39, 0.29) is 0 Å². The maximum atomic E-state index is 6.14. The lowest BCUT2D eigenvalue weighted by atomic mass is 10.1. The van der Waals surface area contributed by atoms with Gasteiger partial charge in [0.25, 0.3) is 0 Å². The van der Waals surface area contributed by atoms with E-state index in [1.165, 1.54) is 22.2 Å². The van der Waals surface area contributed by atoms with Gasteiger partial charge in [0.05, 0.1) is 0 Å². The normalized spacial score (nSPS) is 11.5. The highest BCUT2D eigenvalue weighted by Gasteiger charge is 2.15. The molecule has 0 saturated heterocycles. The second-order valence-electron chi connectivity index (χ2n) is 4.26. The van der Waals surface area contributed by atoms with Crippen molar-refractivity contribution < 1.29 is 0 Å². The van der Waals surface area contributed by atoms with E-state index in [0.29, 0.717) is 5.92 Å². The first kappa shape index (κ1) is 10.1. The molecule has 0 aliphatic heterocycles. The van der Waals surface area contributed by atoms with Crippen LogP contribution in [-0.2, 0) is 6.42 Å².